The zero-order valence-electron chi connectivity index (χ0n) is 23.4. The number of carbonyl (C=O) groups is 2. The van der Waals surface area contributed by atoms with Crippen LogP contribution in [0, 0.1) is 18.7 Å². The number of amides is 2. The Bertz CT molecular complexity index is 1410. The van der Waals surface area contributed by atoms with Crippen molar-refractivity contribution in [2.24, 2.45) is 5.92 Å². The summed E-state index contributed by atoms with van der Waals surface area (Å²) in [5.41, 5.74) is 1.65. The molecule has 40 heavy (non-hydrogen) atoms. The van der Waals surface area contributed by atoms with Crippen LogP contribution in [0.15, 0.2) is 77.7 Å². The molecule has 214 valence electrons. The number of sulfonamides is 1. The Balaban J connectivity index is 2.04. The Hall–Kier alpha value is -3.92. The second kappa shape index (κ2) is 13.4. The Labute approximate surface area is 235 Å². The number of aryl methyl sites for hydroxylation is 1. The van der Waals surface area contributed by atoms with Gasteiger partial charge >= 0.3 is 0 Å². The quantitative estimate of drug-likeness (QED) is 0.346. The molecule has 3 aromatic rings. The van der Waals surface area contributed by atoms with E-state index < -0.39 is 34.3 Å². The van der Waals surface area contributed by atoms with Crippen molar-refractivity contribution in [3.05, 3.63) is 89.7 Å². The molecule has 10 heteroatoms. The van der Waals surface area contributed by atoms with E-state index in [1.54, 1.807) is 43.3 Å². The van der Waals surface area contributed by atoms with Crippen LogP contribution in [0.5, 0.6) is 5.75 Å². The van der Waals surface area contributed by atoms with Gasteiger partial charge in [0.15, 0.2) is 0 Å². The maximum Gasteiger partial charge on any atom is 0.264 e. The van der Waals surface area contributed by atoms with E-state index in [-0.39, 0.29) is 34.7 Å². The molecule has 0 bridgehead atoms. The second-order valence-electron chi connectivity index (χ2n) is 9.96. The van der Waals surface area contributed by atoms with Gasteiger partial charge in [0.25, 0.3) is 10.0 Å². The highest BCUT2D eigenvalue weighted by Crippen LogP contribution is 2.32. The predicted octanol–water partition coefficient (Wildman–Crippen LogP) is 4.53. The van der Waals surface area contributed by atoms with Crippen LogP contribution in [0.4, 0.5) is 10.1 Å². The molecule has 0 saturated heterocycles. The van der Waals surface area contributed by atoms with Gasteiger partial charge in [-0.3, -0.25) is 13.9 Å². The van der Waals surface area contributed by atoms with E-state index in [2.05, 4.69) is 5.32 Å². The zero-order valence-corrected chi connectivity index (χ0v) is 24.2. The molecule has 3 aromatic carbocycles. The van der Waals surface area contributed by atoms with Gasteiger partial charge in [-0.1, -0.05) is 55.8 Å². The van der Waals surface area contributed by atoms with Crippen molar-refractivity contribution in [2.45, 2.75) is 45.2 Å². The number of para-hydroxylation sites is 2. The lowest BCUT2D eigenvalue weighted by molar-refractivity contribution is -0.139. The smallest absolute Gasteiger partial charge is 0.264 e. The van der Waals surface area contributed by atoms with Crippen molar-refractivity contribution in [3.63, 3.8) is 0 Å². The number of hydrogen-bond acceptors (Lipinski definition) is 5. The van der Waals surface area contributed by atoms with Gasteiger partial charge in [0, 0.05) is 13.1 Å². The van der Waals surface area contributed by atoms with Crippen LogP contribution < -0.4 is 14.4 Å². The van der Waals surface area contributed by atoms with Gasteiger partial charge < -0.3 is 15.0 Å². The number of nitrogens with zero attached hydrogens (tertiary/aromatic N) is 2. The lowest BCUT2D eigenvalue weighted by Crippen LogP contribution is -2.51. The summed E-state index contributed by atoms with van der Waals surface area (Å²) in [7, 11) is -2.81. The third-order valence-corrected chi connectivity index (χ3v) is 8.13. The highest BCUT2D eigenvalue weighted by atomic mass is 32.2. The van der Waals surface area contributed by atoms with Gasteiger partial charge in [0.05, 0.1) is 17.7 Å². The number of methoxy groups -OCH3 is 1. The second-order valence-corrected chi connectivity index (χ2v) is 11.8. The highest BCUT2D eigenvalue weighted by molar-refractivity contribution is 7.92. The monoisotopic (exact) mass is 569 g/mol. The number of ether oxygens (including phenoxy) is 1. The maximum atomic E-state index is 13.9. The van der Waals surface area contributed by atoms with E-state index in [1.165, 1.54) is 48.4 Å². The molecule has 0 fully saturated rings. The van der Waals surface area contributed by atoms with Crippen molar-refractivity contribution >= 4 is 27.5 Å². The predicted molar refractivity (Wildman–Crippen MR) is 153 cm³/mol. The number of hydrogen-bond donors (Lipinski definition) is 1. The van der Waals surface area contributed by atoms with Crippen molar-refractivity contribution in [1.29, 1.82) is 0 Å². The number of anilines is 1. The van der Waals surface area contributed by atoms with E-state index in [0.29, 0.717) is 12.1 Å². The summed E-state index contributed by atoms with van der Waals surface area (Å²) in [5.74, 6) is -0.972. The number of nitrogens with one attached hydrogen (secondary N) is 1. The number of benzene rings is 3. The van der Waals surface area contributed by atoms with Gasteiger partial charge in [0.2, 0.25) is 11.8 Å². The first-order valence-electron chi connectivity index (χ1n) is 13.0. The van der Waals surface area contributed by atoms with E-state index in [9.17, 15) is 22.4 Å². The maximum absolute atomic E-state index is 13.9. The SMILES string of the molecule is COc1ccccc1N(CC(=O)N(Cc1ccc(F)cc1)[C@@H](C)C(=O)NCC(C)C)S(=O)(=O)c1ccc(C)cc1. The Morgan fingerprint density at radius 2 is 1.57 bits per heavy atom. The highest BCUT2D eigenvalue weighted by Gasteiger charge is 2.33. The molecule has 0 aromatic heterocycles. The molecular formula is C30H36FN3O5S. The van der Waals surface area contributed by atoms with Crippen LogP contribution in [0.3, 0.4) is 0 Å². The first kappa shape index (κ1) is 30.6. The molecule has 3 rings (SSSR count). The molecular weight excluding hydrogens is 533 g/mol. The standard InChI is InChI=1S/C30H36FN3O5S/c1-21(2)18-32-30(36)23(4)33(19-24-12-14-25(31)15-13-24)29(35)20-34(27-8-6-7-9-28(27)39-5)40(37,38)26-16-10-22(3)11-17-26/h6-17,21,23H,18-20H2,1-5H3,(H,32,36)/t23-/m0/s1. The molecule has 1 atom stereocenters. The van der Waals surface area contributed by atoms with Crippen molar-refractivity contribution in [1.82, 2.24) is 10.2 Å². The van der Waals surface area contributed by atoms with E-state index in [0.717, 1.165) is 9.87 Å². The summed E-state index contributed by atoms with van der Waals surface area (Å²) in [5, 5.41) is 2.83. The summed E-state index contributed by atoms with van der Waals surface area (Å²) < 4.78 is 47.8. The average Bonchev–Trinajstić information content (AvgIpc) is 2.93. The molecule has 0 spiro atoms. The minimum atomic E-state index is -4.22. The average molecular weight is 570 g/mol. The third-order valence-electron chi connectivity index (χ3n) is 6.36. The number of carbonyl (C=O) groups excluding carboxylic acids is 2. The van der Waals surface area contributed by atoms with Crippen molar-refractivity contribution in [2.75, 3.05) is 24.5 Å². The fourth-order valence-corrected chi connectivity index (χ4v) is 5.43. The topological polar surface area (TPSA) is 96.0 Å². The van der Waals surface area contributed by atoms with E-state index >= 15 is 0 Å². The van der Waals surface area contributed by atoms with Gasteiger partial charge in [-0.15, -0.1) is 0 Å². The van der Waals surface area contributed by atoms with Crippen LogP contribution in [0.25, 0.3) is 0 Å². The van der Waals surface area contributed by atoms with Crippen LogP contribution in [-0.4, -0.2) is 51.4 Å². The molecule has 1 N–H and O–H groups in total. The molecule has 0 aliphatic heterocycles. The molecule has 0 radical (unpaired) electrons. The first-order valence-corrected chi connectivity index (χ1v) is 14.4. The normalized spacial score (nSPS) is 12.1. The van der Waals surface area contributed by atoms with Crippen molar-refractivity contribution < 1.29 is 27.1 Å². The molecule has 0 unspecified atom stereocenters. The van der Waals surface area contributed by atoms with E-state index in [4.69, 9.17) is 4.74 Å². The first-order chi connectivity index (χ1) is 18.9. The van der Waals surface area contributed by atoms with Crippen LogP contribution in [-0.2, 0) is 26.2 Å². The minimum absolute atomic E-state index is 0.00427. The van der Waals surface area contributed by atoms with E-state index in [1.807, 2.05) is 20.8 Å². The Morgan fingerprint density at radius 1 is 0.950 bits per heavy atom. The van der Waals surface area contributed by atoms with Gasteiger partial charge in [-0.2, -0.15) is 0 Å². The third kappa shape index (κ3) is 7.59. The number of rotatable bonds is 12. The van der Waals surface area contributed by atoms with Crippen LogP contribution in [0.1, 0.15) is 31.9 Å². The van der Waals surface area contributed by atoms with Crippen LogP contribution in [0.2, 0.25) is 0 Å². The minimum Gasteiger partial charge on any atom is -0.495 e. The summed E-state index contributed by atoms with van der Waals surface area (Å²) in [6, 6.07) is 17.5. The Morgan fingerprint density at radius 3 is 2.17 bits per heavy atom. The summed E-state index contributed by atoms with van der Waals surface area (Å²) in [4.78, 5) is 28.3. The van der Waals surface area contributed by atoms with Gasteiger partial charge in [0.1, 0.15) is 24.2 Å². The molecule has 0 aliphatic rings. The molecule has 8 nitrogen and oxygen atoms in total. The Kier molecular flexibility index (Phi) is 10.3. The van der Waals surface area contributed by atoms with Gasteiger partial charge in [-0.25, -0.2) is 12.8 Å². The zero-order chi connectivity index (χ0) is 29.4. The largest absolute Gasteiger partial charge is 0.495 e. The van der Waals surface area contributed by atoms with Crippen LogP contribution >= 0.6 is 0 Å². The summed E-state index contributed by atoms with van der Waals surface area (Å²) in [6.45, 7) is 7.12. The summed E-state index contributed by atoms with van der Waals surface area (Å²) >= 11 is 0. The molecule has 0 saturated carbocycles. The fourth-order valence-electron chi connectivity index (χ4n) is 4.01. The molecule has 0 aliphatic carbocycles. The van der Waals surface area contributed by atoms with Gasteiger partial charge in [-0.05, 0) is 61.7 Å². The molecule has 2 amide bonds. The number of halogens is 1. The van der Waals surface area contributed by atoms with Crippen molar-refractivity contribution in [3.8, 4) is 5.75 Å². The summed E-state index contributed by atoms with van der Waals surface area (Å²) in [6.07, 6.45) is 0. The lowest BCUT2D eigenvalue weighted by atomic mass is 10.1. The lowest BCUT2D eigenvalue weighted by Gasteiger charge is -2.32. The molecule has 0 heterocycles. The fraction of sp³-hybridized carbons (Fsp3) is 0.333.